The molecule has 27 heavy (non-hydrogen) atoms. The number of fused-ring (bicyclic) bond motifs is 1. The maximum absolute atomic E-state index is 11.3. The van der Waals surface area contributed by atoms with Gasteiger partial charge < -0.3 is 10.6 Å². The minimum absolute atomic E-state index is 0.101. The highest BCUT2D eigenvalue weighted by Crippen LogP contribution is 2.27. The van der Waals surface area contributed by atoms with E-state index in [0.29, 0.717) is 5.82 Å². The summed E-state index contributed by atoms with van der Waals surface area (Å²) in [5.41, 5.74) is 5.48. The van der Waals surface area contributed by atoms with Crippen molar-refractivity contribution in [2.75, 3.05) is 10.6 Å². The molecule has 0 fully saturated rings. The highest BCUT2D eigenvalue weighted by molar-refractivity contribution is 5.89. The van der Waals surface area contributed by atoms with Gasteiger partial charge in [0.15, 0.2) is 11.5 Å². The first kappa shape index (κ1) is 16.8. The van der Waals surface area contributed by atoms with Crippen LogP contribution in [0.1, 0.15) is 12.5 Å². The lowest BCUT2D eigenvalue weighted by Gasteiger charge is -2.12. The number of amides is 1. The number of carbonyl (C=O) groups excluding carboxylic acids is 1. The van der Waals surface area contributed by atoms with Crippen LogP contribution >= 0.6 is 0 Å². The van der Waals surface area contributed by atoms with E-state index in [1.165, 1.54) is 12.5 Å². The number of benzene rings is 2. The Kier molecular flexibility index (Phi) is 4.30. The normalized spacial score (nSPS) is 10.7. The number of hydrogen-bond donors (Lipinski definition) is 2. The van der Waals surface area contributed by atoms with Crippen molar-refractivity contribution in [2.45, 2.75) is 13.8 Å². The molecule has 0 aliphatic rings. The fourth-order valence-electron chi connectivity index (χ4n) is 2.95. The predicted molar refractivity (Wildman–Crippen MR) is 107 cm³/mol. The van der Waals surface area contributed by atoms with E-state index in [9.17, 15) is 4.79 Å². The van der Waals surface area contributed by atoms with E-state index in [1.54, 1.807) is 12.4 Å². The Morgan fingerprint density at radius 1 is 1.04 bits per heavy atom. The molecule has 2 aromatic carbocycles. The number of aromatic nitrogens is 3. The second-order valence-corrected chi connectivity index (χ2v) is 6.37. The molecule has 0 spiro atoms. The van der Waals surface area contributed by atoms with Gasteiger partial charge in [-0.15, -0.1) is 0 Å². The Hall–Kier alpha value is -3.67. The molecule has 6 nitrogen and oxygen atoms in total. The molecule has 2 heterocycles. The summed E-state index contributed by atoms with van der Waals surface area (Å²) in [5, 5.41) is 6.13. The van der Waals surface area contributed by atoms with Gasteiger partial charge >= 0.3 is 0 Å². The fraction of sp³-hybridized carbons (Fsp3) is 0.0952. The van der Waals surface area contributed by atoms with Crippen molar-refractivity contribution in [3.63, 3.8) is 0 Å². The lowest BCUT2D eigenvalue weighted by atomic mass is 10.1. The molecular formula is C21H19N5O. The van der Waals surface area contributed by atoms with Crippen LogP contribution in [-0.2, 0) is 4.79 Å². The van der Waals surface area contributed by atoms with Crippen LogP contribution in [0.5, 0.6) is 0 Å². The van der Waals surface area contributed by atoms with Crippen LogP contribution in [0.2, 0.25) is 0 Å². The largest absolute Gasteiger partial charge is 0.337 e. The van der Waals surface area contributed by atoms with E-state index in [0.717, 1.165) is 28.3 Å². The van der Waals surface area contributed by atoms with Crippen molar-refractivity contribution < 1.29 is 4.79 Å². The van der Waals surface area contributed by atoms with Gasteiger partial charge in [-0.1, -0.05) is 29.8 Å². The van der Waals surface area contributed by atoms with Gasteiger partial charge in [-0.3, -0.25) is 9.20 Å². The quantitative estimate of drug-likeness (QED) is 0.568. The van der Waals surface area contributed by atoms with Crippen molar-refractivity contribution in [1.82, 2.24) is 14.4 Å². The second-order valence-electron chi connectivity index (χ2n) is 6.37. The highest BCUT2D eigenvalue weighted by Gasteiger charge is 2.11. The van der Waals surface area contributed by atoms with Crippen LogP contribution in [0.3, 0.4) is 0 Å². The van der Waals surface area contributed by atoms with E-state index >= 15 is 0 Å². The SMILES string of the molecule is CC(=O)Nc1cccc(-c2cnc(Nc3ccc(C)cc3)c3nccn23)c1. The zero-order valence-corrected chi connectivity index (χ0v) is 15.1. The zero-order valence-electron chi connectivity index (χ0n) is 15.1. The van der Waals surface area contributed by atoms with Gasteiger partial charge in [-0.25, -0.2) is 9.97 Å². The summed E-state index contributed by atoms with van der Waals surface area (Å²) in [6, 6.07) is 15.8. The number of nitrogens with one attached hydrogen (secondary N) is 2. The number of anilines is 3. The molecule has 2 N–H and O–H groups in total. The van der Waals surface area contributed by atoms with Gasteiger partial charge in [0.05, 0.1) is 11.9 Å². The number of carbonyl (C=O) groups is 1. The lowest BCUT2D eigenvalue weighted by molar-refractivity contribution is -0.114. The van der Waals surface area contributed by atoms with Gasteiger partial charge in [-0.05, 0) is 31.2 Å². The number of nitrogens with zero attached hydrogens (tertiary/aromatic N) is 3. The Bertz CT molecular complexity index is 1120. The lowest BCUT2D eigenvalue weighted by Crippen LogP contribution is -2.06. The molecule has 6 heteroatoms. The summed E-state index contributed by atoms with van der Waals surface area (Å²) in [6.45, 7) is 3.55. The van der Waals surface area contributed by atoms with Crippen LogP contribution in [-0.4, -0.2) is 20.3 Å². The van der Waals surface area contributed by atoms with Crippen molar-refractivity contribution in [3.05, 3.63) is 72.7 Å². The van der Waals surface area contributed by atoms with Crippen LogP contribution < -0.4 is 10.6 Å². The first-order valence-corrected chi connectivity index (χ1v) is 8.64. The topological polar surface area (TPSA) is 71.3 Å². The molecule has 0 aliphatic carbocycles. The maximum Gasteiger partial charge on any atom is 0.221 e. The molecule has 0 radical (unpaired) electrons. The smallest absolute Gasteiger partial charge is 0.221 e. The molecule has 2 aromatic heterocycles. The summed E-state index contributed by atoms with van der Waals surface area (Å²) < 4.78 is 1.98. The Balaban J connectivity index is 1.73. The van der Waals surface area contributed by atoms with Gasteiger partial charge in [0.2, 0.25) is 5.91 Å². The molecule has 0 atom stereocenters. The molecule has 0 unspecified atom stereocenters. The van der Waals surface area contributed by atoms with Gasteiger partial charge in [0.1, 0.15) is 0 Å². The summed E-state index contributed by atoms with van der Waals surface area (Å²) in [7, 11) is 0. The van der Waals surface area contributed by atoms with E-state index in [4.69, 9.17) is 0 Å². The third-order valence-electron chi connectivity index (χ3n) is 4.22. The number of aryl methyl sites for hydroxylation is 1. The van der Waals surface area contributed by atoms with Crippen molar-refractivity contribution in [2.24, 2.45) is 0 Å². The molecule has 0 saturated heterocycles. The summed E-state index contributed by atoms with van der Waals surface area (Å²) in [6.07, 6.45) is 5.45. The summed E-state index contributed by atoms with van der Waals surface area (Å²) in [5.74, 6) is 0.585. The van der Waals surface area contributed by atoms with Gasteiger partial charge in [-0.2, -0.15) is 0 Å². The van der Waals surface area contributed by atoms with E-state index in [1.807, 2.05) is 59.1 Å². The highest BCUT2D eigenvalue weighted by atomic mass is 16.1. The van der Waals surface area contributed by atoms with Crippen LogP contribution in [0.15, 0.2) is 67.1 Å². The van der Waals surface area contributed by atoms with Gasteiger partial charge in [0, 0.05) is 36.3 Å². The second kappa shape index (κ2) is 6.92. The van der Waals surface area contributed by atoms with E-state index < -0.39 is 0 Å². The average molecular weight is 357 g/mol. The number of hydrogen-bond acceptors (Lipinski definition) is 4. The monoisotopic (exact) mass is 357 g/mol. The zero-order chi connectivity index (χ0) is 18.8. The molecule has 0 bridgehead atoms. The predicted octanol–water partition coefficient (Wildman–Crippen LogP) is 4.41. The average Bonchev–Trinajstić information content (AvgIpc) is 3.14. The fourth-order valence-corrected chi connectivity index (χ4v) is 2.95. The summed E-state index contributed by atoms with van der Waals surface area (Å²) >= 11 is 0. The first-order chi connectivity index (χ1) is 13.1. The Morgan fingerprint density at radius 2 is 1.85 bits per heavy atom. The molecule has 4 aromatic rings. The molecule has 0 saturated carbocycles. The van der Waals surface area contributed by atoms with Crippen molar-refractivity contribution >= 4 is 28.7 Å². The minimum atomic E-state index is -0.101. The standard InChI is InChI=1S/C21H19N5O/c1-14-6-8-17(9-7-14)25-20-21-22-10-11-26(21)19(13-23-20)16-4-3-5-18(12-16)24-15(2)27/h3-13H,1-2H3,(H,23,25)(H,24,27). The third-order valence-corrected chi connectivity index (χ3v) is 4.22. The third kappa shape index (κ3) is 3.50. The van der Waals surface area contributed by atoms with Gasteiger partial charge in [0.25, 0.3) is 0 Å². The van der Waals surface area contributed by atoms with E-state index in [-0.39, 0.29) is 5.91 Å². The Morgan fingerprint density at radius 3 is 2.63 bits per heavy atom. The van der Waals surface area contributed by atoms with E-state index in [2.05, 4.69) is 27.5 Å². The number of imidazole rings is 1. The molecule has 1 amide bonds. The van der Waals surface area contributed by atoms with Crippen molar-refractivity contribution in [3.8, 4) is 11.3 Å². The maximum atomic E-state index is 11.3. The van der Waals surface area contributed by atoms with Crippen molar-refractivity contribution in [1.29, 1.82) is 0 Å². The minimum Gasteiger partial charge on any atom is -0.337 e. The van der Waals surface area contributed by atoms with Crippen LogP contribution in [0, 0.1) is 6.92 Å². The first-order valence-electron chi connectivity index (χ1n) is 8.64. The van der Waals surface area contributed by atoms with Crippen LogP contribution in [0.25, 0.3) is 16.9 Å². The molecule has 0 aliphatic heterocycles. The summed E-state index contributed by atoms with van der Waals surface area (Å²) in [4.78, 5) is 20.4. The molecular weight excluding hydrogens is 338 g/mol. The number of rotatable bonds is 4. The Labute approximate surface area is 156 Å². The molecule has 134 valence electrons. The van der Waals surface area contributed by atoms with Crippen LogP contribution in [0.4, 0.5) is 17.2 Å². The molecule has 4 rings (SSSR count).